The van der Waals surface area contributed by atoms with Crippen molar-refractivity contribution in [2.75, 3.05) is 0 Å². The molecular formula is C13H14FNOS. The minimum absolute atomic E-state index is 0.193. The van der Waals surface area contributed by atoms with Crippen LogP contribution < -0.4 is 5.73 Å². The van der Waals surface area contributed by atoms with E-state index in [1.165, 1.54) is 6.07 Å². The van der Waals surface area contributed by atoms with E-state index in [4.69, 9.17) is 10.2 Å². The Morgan fingerprint density at radius 3 is 2.76 bits per heavy atom. The second-order valence-electron chi connectivity index (χ2n) is 3.76. The van der Waals surface area contributed by atoms with Crippen LogP contribution in [0.2, 0.25) is 0 Å². The summed E-state index contributed by atoms with van der Waals surface area (Å²) in [5, 5.41) is 0. The first-order valence-corrected chi connectivity index (χ1v) is 6.33. The molecule has 0 amide bonds. The molecule has 0 saturated carbocycles. The van der Waals surface area contributed by atoms with Crippen LogP contribution in [0, 0.1) is 12.7 Å². The summed E-state index contributed by atoms with van der Waals surface area (Å²) < 4.78 is 18.9. The summed E-state index contributed by atoms with van der Waals surface area (Å²) in [7, 11) is 0. The molecule has 0 saturated heterocycles. The van der Waals surface area contributed by atoms with E-state index in [1.54, 1.807) is 24.1 Å². The van der Waals surface area contributed by atoms with Gasteiger partial charge in [0.1, 0.15) is 11.6 Å². The third-order valence-corrected chi connectivity index (χ3v) is 3.74. The summed E-state index contributed by atoms with van der Waals surface area (Å²) in [5.41, 5.74) is 6.96. The Bertz CT molecular complexity index is 510. The van der Waals surface area contributed by atoms with E-state index in [2.05, 4.69) is 0 Å². The molecule has 0 bridgehead atoms. The van der Waals surface area contributed by atoms with Gasteiger partial charge in [-0.2, -0.15) is 0 Å². The quantitative estimate of drug-likeness (QED) is 0.846. The standard InChI is InChI=1S/C13H14FNOS/c1-9-13(4-5-16-9)17-8-11-3-2-10(7-15)6-12(11)14/h2-6H,7-8,15H2,1H3. The number of aryl methyl sites for hydroxylation is 1. The van der Waals surface area contributed by atoms with E-state index in [0.29, 0.717) is 17.9 Å². The number of thioether (sulfide) groups is 1. The lowest BCUT2D eigenvalue weighted by molar-refractivity contribution is 0.527. The molecule has 0 unspecified atom stereocenters. The van der Waals surface area contributed by atoms with Crippen LogP contribution in [-0.4, -0.2) is 0 Å². The Balaban J connectivity index is 2.07. The normalized spacial score (nSPS) is 10.8. The van der Waals surface area contributed by atoms with E-state index in [1.807, 2.05) is 19.1 Å². The number of hydrogen-bond donors (Lipinski definition) is 1. The van der Waals surface area contributed by atoms with Crippen molar-refractivity contribution in [2.45, 2.75) is 24.1 Å². The lowest BCUT2D eigenvalue weighted by atomic mass is 10.1. The van der Waals surface area contributed by atoms with Crippen LogP contribution >= 0.6 is 11.8 Å². The summed E-state index contributed by atoms with van der Waals surface area (Å²) >= 11 is 1.57. The van der Waals surface area contributed by atoms with Gasteiger partial charge >= 0.3 is 0 Å². The molecule has 0 fully saturated rings. The van der Waals surface area contributed by atoms with Crippen molar-refractivity contribution in [1.29, 1.82) is 0 Å². The largest absolute Gasteiger partial charge is 0.468 e. The van der Waals surface area contributed by atoms with Crippen molar-refractivity contribution in [1.82, 2.24) is 0 Å². The van der Waals surface area contributed by atoms with Crippen molar-refractivity contribution < 1.29 is 8.81 Å². The molecule has 0 atom stereocenters. The van der Waals surface area contributed by atoms with Crippen LogP contribution in [0.15, 0.2) is 39.8 Å². The second-order valence-corrected chi connectivity index (χ2v) is 4.78. The maximum Gasteiger partial charge on any atom is 0.127 e. The van der Waals surface area contributed by atoms with Gasteiger partial charge in [0.25, 0.3) is 0 Å². The van der Waals surface area contributed by atoms with Gasteiger partial charge in [-0.15, -0.1) is 11.8 Å². The highest BCUT2D eigenvalue weighted by Gasteiger charge is 2.06. The molecule has 2 aromatic rings. The van der Waals surface area contributed by atoms with Gasteiger partial charge in [0.2, 0.25) is 0 Å². The lowest BCUT2D eigenvalue weighted by Crippen LogP contribution is -1.98. The first kappa shape index (κ1) is 12.2. The molecule has 2 rings (SSSR count). The Morgan fingerprint density at radius 2 is 2.18 bits per heavy atom. The van der Waals surface area contributed by atoms with Crippen molar-refractivity contribution in [3.8, 4) is 0 Å². The fourth-order valence-corrected chi connectivity index (χ4v) is 2.46. The molecule has 1 aromatic heterocycles. The predicted molar refractivity (Wildman–Crippen MR) is 67.3 cm³/mol. The van der Waals surface area contributed by atoms with E-state index >= 15 is 0 Å². The molecule has 0 aliphatic heterocycles. The topological polar surface area (TPSA) is 39.2 Å². The zero-order valence-corrected chi connectivity index (χ0v) is 10.4. The van der Waals surface area contributed by atoms with E-state index in [9.17, 15) is 4.39 Å². The molecule has 0 aliphatic rings. The minimum Gasteiger partial charge on any atom is -0.468 e. The van der Waals surface area contributed by atoms with E-state index < -0.39 is 0 Å². The van der Waals surface area contributed by atoms with Crippen LogP contribution in [0.4, 0.5) is 4.39 Å². The Kier molecular flexibility index (Phi) is 3.86. The Labute approximate surface area is 104 Å². The molecule has 2 N–H and O–H groups in total. The van der Waals surface area contributed by atoms with Gasteiger partial charge in [-0.3, -0.25) is 0 Å². The number of halogens is 1. The molecule has 90 valence electrons. The summed E-state index contributed by atoms with van der Waals surface area (Å²) in [6.45, 7) is 2.27. The SMILES string of the molecule is Cc1occc1SCc1ccc(CN)cc1F. The van der Waals surface area contributed by atoms with Gasteiger partial charge in [0, 0.05) is 17.2 Å². The monoisotopic (exact) mass is 251 g/mol. The van der Waals surface area contributed by atoms with Gasteiger partial charge in [-0.05, 0) is 30.2 Å². The molecule has 1 aromatic carbocycles. The predicted octanol–water partition coefficient (Wildman–Crippen LogP) is 3.48. The molecule has 0 aliphatic carbocycles. The number of hydrogen-bond acceptors (Lipinski definition) is 3. The molecule has 1 heterocycles. The second kappa shape index (κ2) is 5.38. The van der Waals surface area contributed by atoms with Crippen LogP contribution in [0.25, 0.3) is 0 Å². The number of rotatable bonds is 4. The first-order chi connectivity index (χ1) is 8.20. The molecule has 0 spiro atoms. The first-order valence-electron chi connectivity index (χ1n) is 5.35. The average Bonchev–Trinajstić information content (AvgIpc) is 2.73. The van der Waals surface area contributed by atoms with Crippen LogP contribution in [0.5, 0.6) is 0 Å². The fraction of sp³-hybridized carbons (Fsp3) is 0.231. The van der Waals surface area contributed by atoms with Crippen molar-refractivity contribution >= 4 is 11.8 Å². The molecule has 0 radical (unpaired) electrons. The zero-order valence-electron chi connectivity index (χ0n) is 9.57. The molecular weight excluding hydrogens is 237 g/mol. The van der Waals surface area contributed by atoms with Crippen LogP contribution in [-0.2, 0) is 12.3 Å². The molecule has 17 heavy (non-hydrogen) atoms. The zero-order chi connectivity index (χ0) is 12.3. The van der Waals surface area contributed by atoms with Crippen LogP contribution in [0.3, 0.4) is 0 Å². The van der Waals surface area contributed by atoms with Gasteiger partial charge in [0.05, 0.1) is 6.26 Å². The maximum atomic E-state index is 13.7. The van der Waals surface area contributed by atoms with Gasteiger partial charge in [0.15, 0.2) is 0 Å². The van der Waals surface area contributed by atoms with Crippen molar-refractivity contribution in [3.05, 3.63) is 53.2 Å². The third-order valence-electron chi connectivity index (χ3n) is 2.55. The smallest absolute Gasteiger partial charge is 0.127 e. The summed E-state index contributed by atoms with van der Waals surface area (Å²) in [6.07, 6.45) is 1.64. The average molecular weight is 251 g/mol. The highest BCUT2D eigenvalue weighted by molar-refractivity contribution is 7.98. The molecule has 2 nitrogen and oxygen atoms in total. The van der Waals surface area contributed by atoms with Crippen molar-refractivity contribution in [2.24, 2.45) is 5.73 Å². The summed E-state index contributed by atoms with van der Waals surface area (Å²) in [4.78, 5) is 1.05. The van der Waals surface area contributed by atoms with Crippen LogP contribution in [0.1, 0.15) is 16.9 Å². The van der Waals surface area contributed by atoms with Crippen molar-refractivity contribution in [3.63, 3.8) is 0 Å². The fourth-order valence-electron chi connectivity index (χ4n) is 1.51. The number of furan rings is 1. The highest BCUT2D eigenvalue weighted by Crippen LogP contribution is 2.27. The third kappa shape index (κ3) is 2.90. The Morgan fingerprint density at radius 1 is 1.35 bits per heavy atom. The highest BCUT2D eigenvalue weighted by atomic mass is 32.2. The molecule has 4 heteroatoms. The van der Waals surface area contributed by atoms with Gasteiger partial charge < -0.3 is 10.2 Å². The van der Waals surface area contributed by atoms with Gasteiger partial charge in [-0.25, -0.2) is 4.39 Å². The van der Waals surface area contributed by atoms with E-state index in [-0.39, 0.29) is 5.82 Å². The van der Waals surface area contributed by atoms with E-state index in [0.717, 1.165) is 16.2 Å². The number of benzene rings is 1. The minimum atomic E-state index is -0.193. The number of nitrogens with two attached hydrogens (primary N) is 1. The Hall–Kier alpha value is -1.26. The van der Waals surface area contributed by atoms with Gasteiger partial charge in [-0.1, -0.05) is 12.1 Å². The maximum absolute atomic E-state index is 13.7. The summed E-state index contributed by atoms with van der Waals surface area (Å²) in [5.74, 6) is 1.27. The lowest BCUT2D eigenvalue weighted by Gasteiger charge is -2.04. The summed E-state index contributed by atoms with van der Waals surface area (Å²) in [6, 6.07) is 7.05.